The second-order valence-electron chi connectivity index (χ2n) is 14.0. The summed E-state index contributed by atoms with van der Waals surface area (Å²) < 4.78 is 10.2. The first-order valence-corrected chi connectivity index (χ1v) is 20.9. The zero-order chi connectivity index (χ0) is 37.5. The van der Waals surface area contributed by atoms with Crippen molar-refractivity contribution in [2.45, 2.75) is 206 Å². The topological polar surface area (TPSA) is 113 Å². The van der Waals surface area contributed by atoms with Crippen molar-refractivity contribution in [1.82, 2.24) is 0 Å². The lowest BCUT2D eigenvalue weighted by Gasteiger charge is -2.16. The van der Waals surface area contributed by atoms with Gasteiger partial charge in [0.05, 0.1) is 12.2 Å². The molecule has 0 aromatic heterocycles. The molecule has 0 aliphatic carbocycles. The van der Waals surface area contributed by atoms with Gasteiger partial charge in [-0.3, -0.25) is 9.59 Å². The Balaban J connectivity index is 3.64. The van der Waals surface area contributed by atoms with Crippen LogP contribution in [0.25, 0.3) is 0 Å². The van der Waals surface area contributed by atoms with Crippen molar-refractivity contribution in [2.75, 3.05) is 13.2 Å². The molecular weight excluding hydrogens is 640 g/mol. The number of hydrogen-bond donors (Lipinski definition) is 3. The maximum Gasteiger partial charge on any atom is 0.305 e. The molecule has 0 rings (SSSR count). The van der Waals surface area contributed by atoms with E-state index in [0.717, 1.165) is 44.9 Å². The lowest BCUT2D eigenvalue weighted by Crippen LogP contribution is -2.26. The second kappa shape index (κ2) is 39.0. The molecule has 0 saturated carbocycles. The van der Waals surface area contributed by atoms with Crippen LogP contribution in [0.15, 0.2) is 48.6 Å². The van der Waals surface area contributed by atoms with Crippen LogP contribution in [-0.2, 0) is 19.1 Å². The third-order valence-electron chi connectivity index (χ3n) is 9.03. The Bertz CT molecular complexity index is 894. The number of unbranched alkanes of at least 4 members (excludes halogenated alkanes) is 17. The van der Waals surface area contributed by atoms with Gasteiger partial charge in [0, 0.05) is 12.8 Å². The van der Waals surface area contributed by atoms with Crippen LogP contribution in [0.3, 0.4) is 0 Å². The molecule has 3 N–H and O–H groups in total. The van der Waals surface area contributed by atoms with Crippen LogP contribution in [-0.4, -0.2) is 58.8 Å². The maximum atomic E-state index is 12.0. The highest BCUT2D eigenvalue weighted by molar-refractivity contribution is 5.69. The van der Waals surface area contributed by atoms with Crippen LogP contribution in [0.4, 0.5) is 0 Å². The van der Waals surface area contributed by atoms with Crippen LogP contribution in [0, 0.1) is 0 Å². The van der Waals surface area contributed by atoms with Gasteiger partial charge in [0.15, 0.2) is 0 Å². The number of hydrogen-bond acceptors (Lipinski definition) is 7. The fourth-order valence-electron chi connectivity index (χ4n) is 5.76. The molecule has 0 spiro atoms. The molecule has 0 aromatic rings. The zero-order valence-electron chi connectivity index (χ0n) is 32.8. The molecule has 0 radical (unpaired) electrons. The van der Waals surface area contributed by atoms with E-state index < -0.39 is 24.3 Å². The van der Waals surface area contributed by atoms with Crippen LogP contribution in [0.1, 0.15) is 187 Å². The van der Waals surface area contributed by atoms with Crippen LogP contribution in [0.5, 0.6) is 0 Å². The molecule has 0 unspecified atom stereocenters. The van der Waals surface area contributed by atoms with E-state index in [0.29, 0.717) is 19.3 Å². The van der Waals surface area contributed by atoms with Gasteiger partial charge in [-0.1, -0.05) is 172 Å². The van der Waals surface area contributed by atoms with E-state index in [2.05, 4.69) is 50.3 Å². The maximum absolute atomic E-state index is 12.0. The first kappa shape index (κ1) is 48.8. The molecule has 3 atom stereocenters. The van der Waals surface area contributed by atoms with E-state index in [4.69, 9.17) is 9.47 Å². The van der Waals surface area contributed by atoms with Gasteiger partial charge in [-0.05, 0) is 51.4 Å². The summed E-state index contributed by atoms with van der Waals surface area (Å²) in [6, 6.07) is 0. The number of ether oxygens (including phenoxy) is 2. The highest BCUT2D eigenvalue weighted by Crippen LogP contribution is 2.15. The predicted octanol–water partition coefficient (Wildman–Crippen LogP) is 11.0. The monoisotopic (exact) mass is 719 g/mol. The van der Waals surface area contributed by atoms with E-state index in [1.807, 2.05) is 12.2 Å². The summed E-state index contributed by atoms with van der Waals surface area (Å²) in [7, 11) is 0. The summed E-state index contributed by atoms with van der Waals surface area (Å²) in [5.74, 6) is -0.838. The van der Waals surface area contributed by atoms with E-state index >= 15 is 0 Å². The van der Waals surface area contributed by atoms with Crippen LogP contribution < -0.4 is 0 Å². The van der Waals surface area contributed by atoms with Gasteiger partial charge in [-0.25, -0.2) is 0 Å². The molecular formula is C44H78O7. The number of aliphatic hydroxyl groups is 3. The molecule has 296 valence electrons. The minimum atomic E-state index is -1.07. The molecule has 0 amide bonds. The molecule has 7 heteroatoms. The molecule has 0 aromatic carbocycles. The molecule has 0 bridgehead atoms. The molecule has 0 heterocycles. The standard InChI is InChI=1S/C44H78O7/c1-3-5-7-9-11-13-15-17-18-19-20-21-22-24-26-28-30-32-36-43(48)50-38-40(45)39-51-44(49)37-33-35-42(47)41(46)34-31-29-27-25-23-16-14-12-10-8-6-4-2/h6,8,12,14,23,25,29,31,40-42,45-47H,3-5,7,9-11,13,15-22,24,26-28,30,32-39H2,1-2H3/b8-6-,14-12-,25-23-,31-29-/t40-,41-,42-/m0/s1. The van der Waals surface area contributed by atoms with Crippen LogP contribution in [0.2, 0.25) is 0 Å². The fraction of sp³-hybridized carbons (Fsp3) is 0.773. The number of allylic oxidation sites excluding steroid dienone is 7. The number of carbonyl (C=O) groups excluding carboxylic acids is 2. The fourth-order valence-corrected chi connectivity index (χ4v) is 5.76. The van der Waals surface area contributed by atoms with Crippen molar-refractivity contribution in [1.29, 1.82) is 0 Å². The smallest absolute Gasteiger partial charge is 0.305 e. The minimum absolute atomic E-state index is 0.0691. The summed E-state index contributed by atoms with van der Waals surface area (Å²) in [5, 5.41) is 30.4. The van der Waals surface area contributed by atoms with E-state index in [1.54, 1.807) is 0 Å². The SMILES string of the molecule is CC/C=C\C/C=C\C/C=C\C/C=C\C[C@H](O)[C@@H](O)CCCC(=O)OC[C@@H](O)COC(=O)CCCCCCCCCCCCCCCCCCCC. The molecule has 7 nitrogen and oxygen atoms in total. The highest BCUT2D eigenvalue weighted by Gasteiger charge is 2.16. The molecule has 0 aliphatic heterocycles. The Morgan fingerprint density at radius 2 is 0.843 bits per heavy atom. The molecule has 0 aliphatic rings. The average molecular weight is 719 g/mol. The first-order chi connectivity index (χ1) is 24.9. The normalized spacial score (nSPS) is 13.9. The van der Waals surface area contributed by atoms with E-state index in [9.17, 15) is 24.9 Å². The van der Waals surface area contributed by atoms with Gasteiger partial charge in [-0.15, -0.1) is 0 Å². The highest BCUT2D eigenvalue weighted by atomic mass is 16.6. The van der Waals surface area contributed by atoms with Gasteiger partial charge in [0.2, 0.25) is 0 Å². The third kappa shape index (κ3) is 37.3. The Labute approximate surface area is 313 Å². The van der Waals surface area contributed by atoms with Gasteiger partial charge in [0.25, 0.3) is 0 Å². The number of carbonyl (C=O) groups is 2. The summed E-state index contributed by atoms with van der Waals surface area (Å²) in [6.45, 7) is 3.94. The Hall–Kier alpha value is -2.22. The summed E-state index contributed by atoms with van der Waals surface area (Å²) >= 11 is 0. The third-order valence-corrected chi connectivity index (χ3v) is 9.03. The van der Waals surface area contributed by atoms with Gasteiger partial charge in [0.1, 0.15) is 19.3 Å². The van der Waals surface area contributed by atoms with Crippen molar-refractivity contribution in [3.8, 4) is 0 Å². The van der Waals surface area contributed by atoms with Crippen LogP contribution >= 0.6 is 0 Å². The zero-order valence-corrected chi connectivity index (χ0v) is 32.8. The van der Waals surface area contributed by atoms with Gasteiger partial charge in [-0.2, -0.15) is 0 Å². The average Bonchev–Trinajstić information content (AvgIpc) is 3.12. The van der Waals surface area contributed by atoms with Gasteiger partial charge < -0.3 is 24.8 Å². The van der Waals surface area contributed by atoms with Crippen molar-refractivity contribution in [3.63, 3.8) is 0 Å². The summed E-state index contributed by atoms with van der Waals surface area (Å²) in [4.78, 5) is 24.0. The molecule has 51 heavy (non-hydrogen) atoms. The van der Waals surface area contributed by atoms with Gasteiger partial charge >= 0.3 is 11.9 Å². The van der Waals surface area contributed by atoms with E-state index in [1.165, 1.54) is 96.3 Å². The van der Waals surface area contributed by atoms with Crippen molar-refractivity contribution < 1.29 is 34.4 Å². The number of esters is 2. The molecule has 0 saturated heterocycles. The Kier molecular flexibility index (Phi) is 37.3. The van der Waals surface area contributed by atoms with E-state index in [-0.39, 0.29) is 32.0 Å². The second-order valence-corrected chi connectivity index (χ2v) is 14.0. The van der Waals surface area contributed by atoms with Crippen molar-refractivity contribution >= 4 is 11.9 Å². The predicted molar refractivity (Wildman–Crippen MR) is 213 cm³/mol. The number of rotatable bonds is 37. The Morgan fingerprint density at radius 3 is 1.27 bits per heavy atom. The lowest BCUT2D eigenvalue weighted by atomic mass is 10.0. The summed E-state index contributed by atoms with van der Waals surface area (Å²) in [6.07, 6.45) is 42.1. The Morgan fingerprint density at radius 1 is 0.471 bits per heavy atom. The first-order valence-electron chi connectivity index (χ1n) is 20.9. The largest absolute Gasteiger partial charge is 0.463 e. The lowest BCUT2D eigenvalue weighted by molar-refractivity contribution is -0.152. The summed E-state index contributed by atoms with van der Waals surface area (Å²) in [5.41, 5.74) is 0. The molecule has 0 fully saturated rings. The number of aliphatic hydroxyl groups excluding tert-OH is 3. The minimum Gasteiger partial charge on any atom is -0.463 e. The van der Waals surface area contributed by atoms with Crippen molar-refractivity contribution in [3.05, 3.63) is 48.6 Å². The van der Waals surface area contributed by atoms with Crippen molar-refractivity contribution in [2.24, 2.45) is 0 Å². The quantitative estimate of drug-likeness (QED) is 0.0333.